The summed E-state index contributed by atoms with van der Waals surface area (Å²) in [5.41, 5.74) is 0.430. The van der Waals surface area contributed by atoms with E-state index in [1.807, 2.05) is 12.1 Å². The number of hydrogen-bond donors (Lipinski definition) is 1. The van der Waals surface area contributed by atoms with Gasteiger partial charge in [-0.1, -0.05) is 5.16 Å². The molecule has 0 unspecified atom stereocenters. The molecular formula is C17H14FN3O2S. The lowest BCUT2D eigenvalue weighted by Crippen LogP contribution is -2.22. The van der Waals surface area contributed by atoms with Crippen LogP contribution in [-0.4, -0.2) is 16.0 Å². The van der Waals surface area contributed by atoms with E-state index >= 15 is 0 Å². The van der Waals surface area contributed by atoms with Gasteiger partial charge in [-0.25, -0.2) is 4.39 Å². The third-order valence-corrected chi connectivity index (χ3v) is 4.86. The quantitative estimate of drug-likeness (QED) is 0.766. The molecule has 122 valence electrons. The third kappa shape index (κ3) is 3.21. The number of rotatable bonds is 5. The second kappa shape index (κ2) is 6.16. The zero-order valence-electron chi connectivity index (χ0n) is 12.7. The normalized spacial score (nSPS) is 13.9. The standard InChI is InChI=1S/C17H14FN3O2S/c18-12-5-3-11(4-6-12)16(22)19-9-13-7-8-14(24-13)17-20-15(21-23-17)10-1-2-10/h3-8,10H,1-2,9H2,(H,19,22). The Balaban J connectivity index is 1.39. The van der Waals surface area contributed by atoms with Crippen LogP contribution in [0.4, 0.5) is 4.39 Å². The maximum absolute atomic E-state index is 12.9. The molecule has 2 aromatic heterocycles. The molecule has 1 amide bonds. The van der Waals surface area contributed by atoms with Gasteiger partial charge in [0, 0.05) is 16.4 Å². The maximum atomic E-state index is 12.9. The van der Waals surface area contributed by atoms with E-state index in [-0.39, 0.29) is 11.7 Å². The molecule has 0 radical (unpaired) electrons. The first-order valence-corrected chi connectivity index (χ1v) is 8.47. The first-order valence-electron chi connectivity index (χ1n) is 7.65. The third-order valence-electron chi connectivity index (χ3n) is 3.79. The topological polar surface area (TPSA) is 68.0 Å². The minimum atomic E-state index is -0.362. The van der Waals surface area contributed by atoms with Crippen molar-refractivity contribution in [2.24, 2.45) is 0 Å². The van der Waals surface area contributed by atoms with E-state index in [2.05, 4.69) is 15.5 Å². The Morgan fingerprint density at radius 2 is 2.04 bits per heavy atom. The first-order chi connectivity index (χ1) is 11.7. The van der Waals surface area contributed by atoms with Gasteiger partial charge in [0.25, 0.3) is 11.8 Å². The minimum Gasteiger partial charge on any atom is -0.347 e. The Morgan fingerprint density at radius 1 is 1.25 bits per heavy atom. The molecule has 1 aliphatic carbocycles. The number of thiophene rings is 1. The van der Waals surface area contributed by atoms with Gasteiger partial charge in [0.2, 0.25) is 0 Å². The highest BCUT2D eigenvalue weighted by Gasteiger charge is 2.29. The van der Waals surface area contributed by atoms with Crippen LogP contribution in [0.1, 0.15) is 39.8 Å². The van der Waals surface area contributed by atoms with Crippen LogP contribution in [0.5, 0.6) is 0 Å². The average molecular weight is 343 g/mol. The van der Waals surface area contributed by atoms with Crippen molar-refractivity contribution in [3.05, 3.63) is 58.5 Å². The summed E-state index contributed by atoms with van der Waals surface area (Å²) in [6.07, 6.45) is 2.26. The molecule has 7 heteroatoms. The summed E-state index contributed by atoms with van der Waals surface area (Å²) < 4.78 is 18.2. The summed E-state index contributed by atoms with van der Waals surface area (Å²) >= 11 is 1.50. The fourth-order valence-corrected chi connectivity index (χ4v) is 3.17. The second-order valence-corrected chi connectivity index (χ2v) is 6.86. The molecule has 1 aliphatic rings. The van der Waals surface area contributed by atoms with Crippen LogP contribution in [-0.2, 0) is 6.54 Å². The monoisotopic (exact) mass is 343 g/mol. The van der Waals surface area contributed by atoms with Crippen molar-refractivity contribution < 1.29 is 13.7 Å². The lowest BCUT2D eigenvalue weighted by Gasteiger charge is -2.03. The molecular weight excluding hydrogens is 329 g/mol. The zero-order valence-corrected chi connectivity index (χ0v) is 13.5. The molecule has 5 nitrogen and oxygen atoms in total. The van der Waals surface area contributed by atoms with Crippen molar-refractivity contribution >= 4 is 17.2 Å². The van der Waals surface area contributed by atoms with Crippen molar-refractivity contribution in [1.82, 2.24) is 15.5 Å². The highest BCUT2D eigenvalue weighted by atomic mass is 32.1. The van der Waals surface area contributed by atoms with Gasteiger partial charge in [-0.2, -0.15) is 4.98 Å². The van der Waals surface area contributed by atoms with E-state index in [9.17, 15) is 9.18 Å². The predicted molar refractivity (Wildman–Crippen MR) is 87.2 cm³/mol. The molecule has 3 aromatic rings. The van der Waals surface area contributed by atoms with Gasteiger partial charge in [-0.3, -0.25) is 4.79 Å². The Labute approximate surface area is 141 Å². The molecule has 0 saturated heterocycles. The molecule has 0 aliphatic heterocycles. The SMILES string of the molecule is O=C(NCc1ccc(-c2nc(C3CC3)no2)s1)c1ccc(F)cc1. The Kier molecular flexibility index (Phi) is 3.86. The summed E-state index contributed by atoms with van der Waals surface area (Å²) in [5.74, 6) is 1.16. The minimum absolute atomic E-state index is 0.237. The first kappa shape index (κ1) is 15.0. The smallest absolute Gasteiger partial charge is 0.268 e. The number of amides is 1. The summed E-state index contributed by atoms with van der Waals surface area (Å²) in [4.78, 5) is 18.3. The summed E-state index contributed by atoms with van der Waals surface area (Å²) in [5, 5.41) is 6.82. The van der Waals surface area contributed by atoms with E-state index in [4.69, 9.17) is 4.52 Å². The molecule has 24 heavy (non-hydrogen) atoms. The average Bonchev–Trinajstić information content (AvgIpc) is 3.13. The van der Waals surface area contributed by atoms with Crippen LogP contribution < -0.4 is 5.32 Å². The van der Waals surface area contributed by atoms with Gasteiger partial charge in [-0.05, 0) is 49.2 Å². The Bertz CT molecular complexity index is 868. The number of benzene rings is 1. The lowest BCUT2D eigenvalue weighted by molar-refractivity contribution is 0.0951. The predicted octanol–water partition coefficient (Wildman–Crippen LogP) is 3.74. The van der Waals surface area contributed by atoms with Crippen molar-refractivity contribution in [3.8, 4) is 10.8 Å². The molecule has 0 bridgehead atoms. The van der Waals surface area contributed by atoms with Crippen LogP contribution in [0.25, 0.3) is 10.8 Å². The van der Waals surface area contributed by atoms with Gasteiger partial charge >= 0.3 is 0 Å². The molecule has 0 spiro atoms. The Hall–Kier alpha value is -2.54. The number of nitrogens with zero attached hydrogens (tertiary/aromatic N) is 2. The molecule has 1 N–H and O–H groups in total. The van der Waals surface area contributed by atoms with Crippen LogP contribution in [0.15, 0.2) is 40.9 Å². The number of aromatic nitrogens is 2. The molecule has 4 rings (SSSR count). The van der Waals surface area contributed by atoms with Gasteiger partial charge in [0.15, 0.2) is 5.82 Å². The van der Waals surface area contributed by atoms with E-state index in [0.717, 1.165) is 28.4 Å². The van der Waals surface area contributed by atoms with Crippen molar-refractivity contribution in [2.45, 2.75) is 25.3 Å². The van der Waals surface area contributed by atoms with Crippen LogP contribution >= 0.6 is 11.3 Å². The second-order valence-electron chi connectivity index (χ2n) is 5.69. The Morgan fingerprint density at radius 3 is 2.79 bits per heavy atom. The summed E-state index contributed by atoms with van der Waals surface area (Å²) in [6.45, 7) is 0.393. The van der Waals surface area contributed by atoms with Gasteiger partial charge in [0.05, 0.1) is 11.4 Å². The van der Waals surface area contributed by atoms with Crippen molar-refractivity contribution in [1.29, 1.82) is 0 Å². The van der Waals surface area contributed by atoms with Crippen LogP contribution in [0, 0.1) is 5.82 Å². The van der Waals surface area contributed by atoms with Crippen LogP contribution in [0.2, 0.25) is 0 Å². The van der Waals surface area contributed by atoms with Crippen molar-refractivity contribution in [2.75, 3.05) is 0 Å². The van der Waals surface area contributed by atoms with E-state index < -0.39 is 0 Å². The zero-order chi connectivity index (χ0) is 16.5. The number of nitrogens with one attached hydrogen (secondary N) is 1. The van der Waals surface area contributed by atoms with E-state index in [1.165, 1.54) is 35.6 Å². The van der Waals surface area contributed by atoms with E-state index in [1.54, 1.807) is 0 Å². The molecule has 1 fully saturated rings. The fraction of sp³-hybridized carbons (Fsp3) is 0.235. The maximum Gasteiger partial charge on any atom is 0.268 e. The fourth-order valence-electron chi connectivity index (χ4n) is 2.30. The van der Waals surface area contributed by atoms with E-state index in [0.29, 0.717) is 23.9 Å². The van der Waals surface area contributed by atoms with Gasteiger partial charge in [0.1, 0.15) is 5.82 Å². The number of halogens is 1. The number of carbonyl (C=O) groups is 1. The molecule has 1 saturated carbocycles. The summed E-state index contributed by atoms with van der Waals surface area (Å²) in [7, 11) is 0. The molecule has 2 heterocycles. The number of carbonyl (C=O) groups excluding carboxylic acids is 1. The van der Waals surface area contributed by atoms with Crippen molar-refractivity contribution in [3.63, 3.8) is 0 Å². The number of hydrogen-bond acceptors (Lipinski definition) is 5. The van der Waals surface area contributed by atoms with Crippen LogP contribution in [0.3, 0.4) is 0 Å². The van der Waals surface area contributed by atoms with Gasteiger partial charge in [-0.15, -0.1) is 11.3 Å². The molecule has 0 atom stereocenters. The lowest BCUT2D eigenvalue weighted by atomic mass is 10.2. The highest BCUT2D eigenvalue weighted by Crippen LogP contribution is 2.39. The molecule has 1 aromatic carbocycles. The highest BCUT2D eigenvalue weighted by molar-refractivity contribution is 7.15. The largest absolute Gasteiger partial charge is 0.347 e. The van der Waals surface area contributed by atoms with Gasteiger partial charge < -0.3 is 9.84 Å². The summed E-state index contributed by atoms with van der Waals surface area (Å²) in [6, 6.07) is 9.29.